The van der Waals surface area contributed by atoms with Crippen molar-refractivity contribution in [2.75, 3.05) is 10.7 Å². The maximum Gasteiger partial charge on any atom is 0.426 e. The minimum absolute atomic E-state index is 0.201. The lowest BCUT2D eigenvalue weighted by atomic mass is 10.2. The van der Waals surface area contributed by atoms with Crippen LogP contribution < -0.4 is 16.2 Å². The van der Waals surface area contributed by atoms with Gasteiger partial charge in [-0.05, 0) is 43.2 Å². The molecule has 3 aromatic rings. The van der Waals surface area contributed by atoms with E-state index in [4.69, 9.17) is 4.74 Å². The molecule has 0 aliphatic carbocycles. The van der Waals surface area contributed by atoms with Gasteiger partial charge in [-0.1, -0.05) is 18.2 Å². The zero-order valence-electron chi connectivity index (χ0n) is 13.9. The molecule has 1 amide bonds. The maximum absolute atomic E-state index is 11.8. The van der Waals surface area contributed by atoms with Crippen LogP contribution in [0.15, 0.2) is 35.0 Å². The van der Waals surface area contributed by atoms with Crippen LogP contribution >= 0.6 is 0 Å². The van der Waals surface area contributed by atoms with E-state index >= 15 is 0 Å². The number of anilines is 3. The fourth-order valence-corrected chi connectivity index (χ4v) is 1.88. The second-order valence-electron chi connectivity index (χ2n) is 6.08. The average Bonchev–Trinajstić information content (AvgIpc) is 2.99. The van der Waals surface area contributed by atoms with E-state index in [9.17, 15) is 4.79 Å². The van der Waals surface area contributed by atoms with Crippen molar-refractivity contribution in [2.45, 2.75) is 26.4 Å². The molecule has 10 heteroatoms. The van der Waals surface area contributed by atoms with E-state index in [2.05, 4.69) is 41.1 Å². The lowest BCUT2D eigenvalue weighted by Gasteiger charge is -2.20. The average molecular weight is 343 g/mol. The van der Waals surface area contributed by atoms with Crippen LogP contribution in [0.25, 0.3) is 11.3 Å². The number of benzene rings is 1. The molecule has 0 unspecified atom stereocenters. The Morgan fingerprint density at radius 1 is 1.04 bits per heavy atom. The molecule has 0 saturated heterocycles. The predicted octanol–water partition coefficient (Wildman–Crippen LogP) is 2.61. The number of carbonyl (C=O) groups is 1. The number of ether oxygens (including phenoxy) is 1. The van der Waals surface area contributed by atoms with Crippen molar-refractivity contribution in [1.29, 1.82) is 0 Å². The second kappa shape index (κ2) is 6.59. The molecule has 2 heterocycles. The summed E-state index contributed by atoms with van der Waals surface area (Å²) in [6, 6.07) is 9.36. The highest BCUT2D eigenvalue weighted by atomic mass is 16.6. The van der Waals surface area contributed by atoms with Gasteiger partial charge in [0.2, 0.25) is 11.3 Å². The fraction of sp³-hybridized carbons (Fsp3) is 0.267. The number of carbonyl (C=O) groups excluding carboxylic acids is 1. The summed E-state index contributed by atoms with van der Waals surface area (Å²) in [5.74, 6) is 0.573. The SMILES string of the molecule is CC(C)(C)OC(=O)NNc1nc2nonc2nc1Nc1ccccc1. The van der Waals surface area contributed by atoms with Crippen molar-refractivity contribution in [3.8, 4) is 0 Å². The zero-order chi connectivity index (χ0) is 17.9. The van der Waals surface area contributed by atoms with Gasteiger partial charge < -0.3 is 10.1 Å². The Labute approximate surface area is 142 Å². The molecule has 0 radical (unpaired) electrons. The lowest BCUT2D eigenvalue weighted by Crippen LogP contribution is -2.36. The smallest absolute Gasteiger partial charge is 0.426 e. The predicted molar refractivity (Wildman–Crippen MR) is 90.1 cm³/mol. The van der Waals surface area contributed by atoms with Crippen molar-refractivity contribution in [1.82, 2.24) is 25.7 Å². The first kappa shape index (κ1) is 16.4. The molecule has 10 nitrogen and oxygen atoms in total. The fourth-order valence-electron chi connectivity index (χ4n) is 1.88. The van der Waals surface area contributed by atoms with Crippen molar-refractivity contribution < 1.29 is 14.2 Å². The molecule has 0 bridgehead atoms. The summed E-state index contributed by atoms with van der Waals surface area (Å²) in [5, 5.41) is 10.4. The molecule has 3 rings (SSSR count). The Bertz CT molecular complexity index is 874. The molecule has 0 aliphatic heterocycles. The normalized spacial score (nSPS) is 11.2. The van der Waals surface area contributed by atoms with Gasteiger partial charge in [-0.3, -0.25) is 5.43 Å². The number of nitrogens with one attached hydrogen (secondary N) is 3. The maximum atomic E-state index is 11.8. The first-order valence-corrected chi connectivity index (χ1v) is 7.48. The first-order valence-electron chi connectivity index (χ1n) is 7.48. The third kappa shape index (κ3) is 4.31. The molecular formula is C15H17N7O3. The number of amides is 1. The monoisotopic (exact) mass is 343 g/mol. The molecule has 0 spiro atoms. The number of hydrazine groups is 1. The summed E-state index contributed by atoms with van der Waals surface area (Å²) in [6.45, 7) is 5.30. The molecule has 1 aromatic carbocycles. The van der Waals surface area contributed by atoms with Crippen LogP contribution in [-0.2, 0) is 4.74 Å². The van der Waals surface area contributed by atoms with Gasteiger partial charge in [-0.2, -0.15) is 4.98 Å². The highest BCUT2D eigenvalue weighted by molar-refractivity contribution is 5.78. The highest BCUT2D eigenvalue weighted by Gasteiger charge is 2.18. The van der Waals surface area contributed by atoms with E-state index < -0.39 is 11.7 Å². The van der Waals surface area contributed by atoms with Crippen LogP contribution in [0, 0.1) is 0 Å². The lowest BCUT2D eigenvalue weighted by molar-refractivity contribution is 0.0541. The molecule has 130 valence electrons. The van der Waals surface area contributed by atoms with Gasteiger partial charge in [0.05, 0.1) is 0 Å². The molecule has 0 fully saturated rings. The van der Waals surface area contributed by atoms with Crippen LogP contribution in [0.5, 0.6) is 0 Å². The summed E-state index contributed by atoms with van der Waals surface area (Å²) >= 11 is 0. The molecule has 0 atom stereocenters. The third-order valence-corrected chi connectivity index (χ3v) is 2.83. The van der Waals surface area contributed by atoms with Crippen LogP contribution in [-0.4, -0.2) is 32.0 Å². The van der Waals surface area contributed by atoms with Crippen molar-refractivity contribution in [3.63, 3.8) is 0 Å². The van der Waals surface area contributed by atoms with Gasteiger partial charge in [-0.25, -0.2) is 19.8 Å². The van der Waals surface area contributed by atoms with Crippen LogP contribution in [0.3, 0.4) is 0 Å². The largest absolute Gasteiger partial charge is 0.443 e. The van der Waals surface area contributed by atoms with Gasteiger partial charge >= 0.3 is 6.09 Å². The zero-order valence-corrected chi connectivity index (χ0v) is 13.9. The van der Waals surface area contributed by atoms with Gasteiger partial charge in [0, 0.05) is 5.69 Å². The van der Waals surface area contributed by atoms with Crippen LogP contribution in [0.1, 0.15) is 20.8 Å². The Kier molecular flexibility index (Phi) is 4.33. The van der Waals surface area contributed by atoms with Crippen molar-refractivity contribution in [2.24, 2.45) is 0 Å². The minimum atomic E-state index is -0.654. The molecule has 3 N–H and O–H groups in total. The standard InChI is InChI=1S/C15H17N7O3/c1-15(2,3)24-14(23)20-19-11-10(16-9-7-5-4-6-8-9)17-12-13(18-11)22-25-21-12/h4-8H,1-3H3,(H,20,23)(H,16,17,21)(H,18,19,22). The van der Waals surface area contributed by atoms with Crippen LogP contribution in [0.2, 0.25) is 0 Å². The Morgan fingerprint density at radius 2 is 1.68 bits per heavy atom. The van der Waals surface area contributed by atoms with E-state index in [-0.39, 0.29) is 17.1 Å². The Morgan fingerprint density at radius 3 is 2.32 bits per heavy atom. The molecule has 25 heavy (non-hydrogen) atoms. The van der Waals surface area contributed by atoms with Gasteiger partial charge in [0.25, 0.3) is 0 Å². The topological polar surface area (TPSA) is 127 Å². The second-order valence-corrected chi connectivity index (χ2v) is 6.08. The summed E-state index contributed by atoms with van der Waals surface area (Å²) in [6.07, 6.45) is -0.654. The minimum Gasteiger partial charge on any atom is -0.443 e. The molecular weight excluding hydrogens is 326 g/mol. The highest BCUT2D eigenvalue weighted by Crippen LogP contribution is 2.23. The number of fused-ring (bicyclic) bond motifs is 1. The Hall–Kier alpha value is -3.43. The van der Waals surface area contributed by atoms with Gasteiger partial charge in [0.15, 0.2) is 11.6 Å². The number of rotatable bonds is 4. The van der Waals surface area contributed by atoms with Gasteiger partial charge in [-0.15, -0.1) is 0 Å². The van der Waals surface area contributed by atoms with Crippen molar-refractivity contribution >= 4 is 34.7 Å². The summed E-state index contributed by atoms with van der Waals surface area (Å²) < 4.78 is 9.79. The molecule has 2 aromatic heterocycles. The van der Waals surface area contributed by atoms with E-state index in [1.807, 2.05) is 30.3 Å². The summed E-state index contributed by atoms with van der Waals surface area (Å²) in [4.78, 5) is 20.3. The number of hydrogen-bond donors (Lipinski definition) is 3. The molecule has 0 saturated carbocycles. The summed E-state index contributed by atoms with van der Waals surface area (Å²) in [7, 11) is 0. The van der Waals surface area contributed by atoms with E-state index in [0.717, 1.165) is 5.69 Å². The number of para-hydroxylation sites is 1. The number of nitrogens with zero attached hydrogens (tertiary/aromatic N) is 4. The quantitative estimate of drug-likeness (QED) is 0.612. The first-order chi connectivity index (χ1) is 11.9. The van der Waals surface area contributed by atoms with E-state index in [1.54, 1.807) is 20.8 Å². The third-order valence-electron chi connectivity index (χ3n) is 2.83. The van der Waals surface area contributed by atoms with Crippen LogP contribution in [0.4, 0.5) is 22.1 Å². The molecule has 0 aliphatic rings. The number of hydrogen-bond acceptors (Lipinski definition) is 9. The summed E-state index contributed by atoms with van der Waals surface area (Å²) in [5.41, 5.74) is 5.67. The Balaban J connectivity index is 1.82. The number of aromatic nitrogens is 4. The van der Waals surface area contributed by atoms with E-state index in [1.165, 1.54) is 0 Å². The van der Waals surface area contributed by atoms with Crippen molar-refractivity contribution in [3.05, 3.63) is 30.3 Å². The van der Waals surface area contributed by atoms with E-state index in [0.29, 0.717) is 5.82 Å². The van der Waals surface area contributed by atoms with Gasteiger partial charge in [0.1, 0.15) is 5.60 Å².